The van der Waals surface area contributed by atoms with Gasteiger partial charge in [0.05, 0.1) is 11.1 Å². The van der Waals surface area contributed by atoms with Gasteiger partial charge in [-0.1, -0.05) is 36.4 Å². The largest absolute Gasteiger partial charge is 0.444 e. The monoisotopic (exact) mass is 363 g/mol. The van der Waals surface area contributed by atoms with E-state index in [4.69, 9.17) is 4.74 Å². The topological polar surface area (TPSA) is 55.4 Å². The number of carbonyl (C=O) groups excluding carboxylic acids is 2. The van der Waals surface area contributed by atoms with Gasteiger partial charge in [-0.2, -0.15) is 13.2 Å². The van der Waals surface area contributed by atoms with Crippen molar-refractivity contribution in [3.63, 3.8) is 0 Å². The quantitative estimate of drug-likeness (QED) is 0.820. The van der Waals surface area contributed by atoms with Gasteiger partial charge in [-0.3, -0.25) is 4.79 Å². The fraction of sp³-hybridized carbons (Fsp3) is 0.263. The minimum Gasteiger partial charge on any atom is -0.444 e. The molecule has 1 N–H and O–H groups in total. The molecule has 7 heteroatoms. The Morgan fingerprint density at radius 3 is 2.35 bits per heavy atom. The molecule has 0 aliphatic heterocycles. The van der Waals surface area contributed by atoms with Crippen LogP contribution >= 0.6 is 0 Å². The summed E-state index contributed by atoms with van der Waals surface area (Å²) in [6.45, 7) is 0. The lowest BCUT2D eigenvalue weighted by Crippen LogP contribution is -2.33. The molecule has 1 atom stereocenters. The number of esters is 1. The van der Waals surface area contributed by atoms with Crippen LogP contribution in [0, 0.1) is 0 Å². The Morgan fingerprint density at radius 1 is 1.04 bits per heavy atom. The maximum atomic E-state index is 12.8. The van der Waals surface area contributed by atoms with Crippen LogP contribution in [-0.2, 0) is 15.7 Å². The third kappa shape index (κ3) is 4.41. The summed E-state index contributed by atoms with van der Waals surface area (Å²) in [6.07, 6.45) is -4.08. The first-order chi connectivity index (χ1) is 12.3. The first-order valence-electron chi connectivity index (χ1n) is 8.08. The molecule has 0 aromatic heterocycles. The van der Waals surface area contributed by atoms with Crippen LogP contribution in [0.3, 0.4) is 0 Å². The van der Waals surface area contributed by atoms with E-state index in [0.717, 1.165) is 25.0 Å². The number of benzene rings is 2. The molecule has 4 nitrogen and oxygen atoms in total. The van der Waals surface area contributed by atoms with Crippen LogP contribution in [0.25, 0.3) is 0 Å². The normalized spacial score (nSPS) is 15.2. The zero-order valence-corrected chi connectivity index (χ0v) is 13.6. The zero-order chi connectivity index (χ0) is 18.7. The maximum Gasteiger partial charge on any atom is 0.416 e. The Morgan fingerprint density at radius 2 is 1.73 bits per heavy atom. The molecule has 0 spiro atoms. The van der Waals surface area contributed by atoms with E-state index in [2.05, 4.69) is 5.32 Å². The molecular formula is C19H16F3NO3. The predicted octanol–water partition coefficient (Wildman–Crippen LogP) is 3.88. The van der Waals surface area contributed by atoms with Crippen molar-refractivity contribution in [3.05, 3.63) is 71.3 Å². The van der Waals surface area contributed by atoms with Gasteiger partial charge < -0.3 is 10.1 Å². The molecular weight excluding hydrogens is 347 g/mol. The molecule has 3 rings (SSSR count). The van der Waals surface area contributed by atoms with Crippen molar-refractivity contribution >= 4 is 11.9 Å². The molecule has 0 heterocycles. The molecule has 0 bridgehead atoms. The highest BCUT2D eigenvalue weighted by Gasteiger charge is 2.33. The van der Waals surface area contributed by atoms with Gasteiger partial charge in [0.1, 0.15) is 0 Å². The number of carbonyl (C=O) groups is 2. The zero-order valence-electron chi connectivity index (χ0n) is 13.6. The number of amides is 1. The molecule has 136 valence electrons. The highest BCUT2D eigenvalue weighted by atomic mass is 19.4. The molecule has 0 saturated heterocycles. The number of hydrogen-bond acceptors (Lipinski definition) is 3. The number of nitrogens with one attached hydrogen (secondary N) is 1. The first kappa shape index (κ1) is 18.0. The molecule has 26 heavy (non-hydrogen) atoms. The average Bonchev–Trinajstić information content (AvgIpc) is 3.43. The summed E-state index contributed by atoms with van der Waals surface area (Å²) in [4.78, 5) is 24.8. The predicted molar refractivity (Wildman–Crippen MR) is 87.2 cm³/mol. The van der Waals surface area contributed by atoms with E-state index in [0.29, 0.717) is 11.6 Å². The molecule has 1 aliphatic rings. The number of halogens is 3. The number of rotatable bonds is 5. The molecule has 1 unspecified atom stereocenters. The Labute approximate surface area is 148 Å². The highest BCUT2D eigenvalue weighted by molar-refractivity contribution is 5.93. The van der Waals surface area contributed by atoms with Crippen molar-refractivity contribution in [2.75, 3.05) is 0 Å². The summed E-state index contributed by atoms with van der Waals surface area (Å²) in [7, 11) is 0. The summed E-state index contributed by atoms with van der Waals surface area (Å²) in [6, 6.07) is 12.3. The van der Waals surface area contributed by atoms with Gasteiger partial charge in [-0.25, -0.2) is 4.79 Å². The van der Waals surface area contributed by atoms with Crippen LogP contribution in [0.15, 0.2) is 54.6 Å². The second kappa shape index (κ2) is 7.19. The molecule has 0 radical (unpaired) electrons. The van der Waals surface area contributed by atoms with E-state index in [1.54, 1.807) is 30.3 Å². The summed E-state index contributed by atoms with van der Waals surface area (Å²) in [5.74, 6) is -1.48. The van der Waals surface area contributed by atoms with Gasteiger partial charge in [-0.05, 0) is 31.0 Å². The van der Waals surface area contributed by atoms with Crippen molar-refractivity contribution in [1.82, 2.24) is 5.32 Å². The Kier molecular flexibility index (Phi) is 4.97. The summed E-state index contributed by atoms with van der Waals surface area (Å²) < 4.78 is 43.7. The third-order valence-corrected chi connectivity index (χ3v) is 3.91. The van der Waals surface area contributed by atoms with Gasteiger partial charge >= 0.3 is 12.1 Å². The average molecular weight is 363 g/mol. The fourth-order valence-electron chi connectivity index (χ4n) is 2.40. The van der Waals surface area contributed by atoms with Crippen LogP contribution in [0.1, 0.15) is 40.4 Å². The van der Waals surface area contributed by atoms with Crippen molar-refractivity contribution in [2.24, 2.45) is 0 Å². The van der Waals surface area contributed by atoms with Crippen LogP contribution in [-0.4, -0.2) is 17.9 Å². The lowest BCUT2D eigenvalue weighted by molar-refractivity contribution is -0.137. The van der Waals surface area contributed by atoms with E-state index in [-0.39, 0.29) is 11.6 Å². The van der Waals surface area contributed by atoms with Crippen LogP contribution in [0.4, 0.5) is 13.2 Å². The lowest BCUT2D eigenvalue weighted by atomic mass is 10.1. The number of ether oxygens (including phenoxy) is 1. The van der Waals surface area contributed by atoms with Crippen molar-refractivity contribution in [1.29, 1.82) is 0 Å². The molecule has 1 fully saturated rings. The number of alkyl halides is 3. The van der Waals surface area contributed by atoms with E-state index in [1.165, 1.54) is 6.07 Å². The van der Waals surface area contributed by atoms with Gasteiger partial charge in [0.2, 0.25) is 6.10 Å². The second-order valence-corrected chi connectivity index (χ2v) is 6.06. The second-order valence-electron chi connectivity index (χ2n) is 6.06. The molecule has 2 aromatic rings. The van der Waals surface area contributed by atoms with Gasteiger partial charge in [0.15, 0.2) is 0 Å². The molecule has 2 aromatic carbocycles. The lowest BCUT2D eigenvalue weighted by Gasteiger charge is -2.18. The fourth-order valence-corrected chi connectivity index (χ4v) is 2.40. The van der Waals surface area contributed by atoms with Crippen molar-refractivity contribution in [3.8, 4) is 0 Å². The minimum atomic E-state index is -4.57. The molecule has 1 amide bonds. The van der Waals surface area contributed by atoms with Gasteiger partial charge in [0.25, 0.3) is 5.91 Å². The summed E-state index contributed by atoms with van der Waals surface area (Å²) >= 11 is 0. The first-order valence-corrected chi connectivity index (χ1v) is 8.08. The smallest absolute Gasteiger partial charge is 0.416 e. The highest BCUT2D eigenvalue weighted by Crippen LogP contribution is 2.30. The summed E-state index contributed by atoms with van der Waals surface area (Å²) in [5.41, 5.74) is -0.767. The maximum absolute atomic E-state index is 12.8. The van der Waals surface area contributed by atoms with E-state index in [9.17, 15) is 22.8 Å². The Balaban J connectivity index is 1.82. The standard InChI is InChI=1S/C19H16F3NO3/c20-19(21,22)14-8-4-7-13(11-14)18(25)26-16(12-5-2-1-3-6-12)17(24)23-15-9-10-15/h1-8,11,15-16H,9-10H2,(H,23,24). The summed E-state index contributed by atoms with van der Waals surface area (Å²) in [5, 5.41) is 2.75. The minimum absolute atomic E-state index is 0.0565. The SMILES string of the molecule is O=C(OC(C(=O)NC1CC1)c1ccccc1)c1cccc(C(F)(F)F)c1. The molecule has 1 saturated carbocycles. The van der Waals surface area contributed by atoms with E-state index in [1.807, 2.05) is 0 Å². The Bertz CT molecular complexity index is 801. The van der Waals surface area contributed by atoms with Crippen LogP contribution in [0.2, 0.25) is 0 Å². The van der Waals surface area contributed by atoms with E-state index < -0.39 is 29.7 Å². The van der Waals surface area contributed by atoms with Crippen molar-refractivity contribution < 1.29 is 27.5 Å². The van der Waals surface area contributed by atoms with Gasteiger partial charge in [0, 0.05) is 11.6 Å². The third-order valence-electron chi connectivity index (χ3n) is 3.91. The van der Waals surface area contributed by atoms with Gasteiger partial charge in [-0.15, -0.1) is 0 Å². The van der Waals surface area contributed by atoms with E-state index >= 15 is 0 Å². The molecule has 1 aliphatic carbocycles. The van der Waals surface area contributed by atoms with Crippen molar-refractivity contribution in [2.45, 2.75) is 31.2 Å². The van der Waals surface area contributed by atoms with Crippen LogP contribution < -0.4 is 5.32 Å². The Hall–Kier alpha value is -2.83. The van der Waals surface area contributed by atoms with Crippen LogP contribution in [0.5, 0.6) is 0 Å². The number of hydrogen-bond donors (Lipinski definition) is 1.